The van der Waals surface area contributed by atoms with Crippen molar-refractivity contribution in [3.05, 3.63) is 18.0 Å². The van der Waals surface area contributed by atoms with E-state index >= 15 is 0 Å². The summed E-state index contributed by atoms with van der Waals surface area (Å²) in [5, 5.41) is 14.5. The maximum atomic E-state index is 10.1. The average Bonchev–Trinajstić information content (AvgIpc) is 2.76. The SMILES string of the molecule is CCC(C)n1ccc(CC(O)C(C)(C)OC)n1. The van der Waals surface area contributed by atoms with E-state index in [0.29, 0.717) is 12.5 Å². The Morgan fingerprint density at radius 1 is 1.53 bits per heavy atom. The molecule has 4 heteroatoms. The molecule has 0 bridgehead atoms. The highest BCUT2D eigenvalue weighted by Gasteiger charge is 2.28. The number of aliphatic hydroxyl groups is 1. The van der Waals surface area contributed by atoms with Gasteiger partial charge in [0.15, 0.2) is 0 Å². The third-order valence-electron chi connectivity index (χ3n) is 3.44. The number of aromatic nitrogens is 2. The molecule has 0 aliphatic rings. The molecule has 98 valence electrons. The monoisotopic (exact) mass is 240 g/mol. The van der Waals surface area contributed by atoms with Gasteiger partial charge in [-0.1, -0.05) is 6.92 Å². The summed E-state index contributed by atoms with van der Waals surface area (Å²) in [6.45, 7) is 8.02. The summed E-state index contributed by atoms with van der Waals surface area (Å²) < 4.78 is 7.21. The molecule has 0 spiro atoms. The predicted molar refractivity (Wildman–Crippen MR) is 68.0 cm³/mol. The van der Waals surface area contributed by atoms with Crippen LogP contribution < -0.4 is 0 Å². The molecule has 17 heavy (non-hydrogen) atoms. The van der Waals surface area contributed by atoms with Gasteiger partial charge in [0.05, 0.1) is 17.4 Å². The van der Waals surface area contributed by atoms with Gasteiger partial charge in [0, 0.05) is 25.8 Å². The minimum Gasteiger partial charge on any atom is -0.390 e. The Kier molecular flexibility index (Phi) is 4.71. The van der Waals surface area contributed by atoms with Crippen LogP contribution >= 0.6 is 0 Å². The van der Waals surface area contributed by atoms with Gasteiger partial charge < -0.3 is 9.84 Å². The van der Waals surface area contributed by atoms with Crippen molar-refractivity contribution in [1.82, 2.24) is 9.78 Å². The van der Waals surface area contributed by atoms with Crippen LogP contribution in [0.15, 0.2) is 12.3 Å². The number of nitrogens with zero attached hydrogens (tertiary/aromatic N) is 2. The molecule has 2 unspecified atom stereocenters. The van der Waals surface area contributed by atoms with Crippen molar-refractivity contribution in [3.8, 4) is 0 Å². The molecule has 1 rings (SSSR count). The lowest BCUT2D eigenvalue weighted by Crippen LogP contribution is -2.39. The minimum absolute atomic E-state index is 0.399. The van der Waals surface area contributed by atoms with Crippen molar-refractivity contribution < 1.29 is 9.84 Å². The van der Waals surface area contributed by atoms with Crippen LogP contribution in [0.3, 0.4) is 0 Å². The Balaban J connectivity index is 2.66. The lowest BCUT2D eigenvalue weighted by atomic mass is 9.97. The summed E-state index contributed by atoms with van der Waals surface area (Å²) >= 11 is 0. The first-order chi connectivity index (χ1) is 7.90. The fourth-order valence-corrected chi connectivity index (χ4v) is 1.50. The van der Waals surface area contributed by atoms with Crippen LogP contribution in [-0.2, 0) is 11.2 Å². The largest absolute Gasteiger partial charge is 0.390 e. The molecule has 0 fully saturated rings. The van der Waals surface area contributed by atoms with Crippen molar-refractivity contribution in [2.75, 3.05) is 7.11 Å². The number of ether oxygens (including phenoxy) is 1. The van der Waals surface area contributed by atoms with E-state index in [-0.39, 0.29) is 0 Å². The number of methoxy groups -OCH3 is 1. The van der Waals surface area contributed by atoms with E-state index in [2.05, 4.69) is 18.9 Å². The topological polar surface area (TPSA) is 47.3 Å². The van der Waals surface area contributed by atoms with Crippen LogP contribution in [0.4, 0.5) is 0 Å². The second-order valence-electron chi connectivity index (χ2n) is 5.07. The molecule has 0 saturated carbocycles. The van der Waals surface area contributed by atoms with Gasteiger partial charge in [-0.2, -0.15) is 5.10 Å². The maximum absolute atomic E-state index is 10.1. The van der Waals surface area contributed by atoms with Crippen molar-refractivity contribution in [1.29, 1.82) is 0 Å². The molecular formula is C13H24N2O2. The van der Waals surface area contributed by atoms with Gasteiger partial charge in [-0.05, 0) is 33.3 Å². The molecule has 0 aromatic carbocycles. The molecule has 0 radical (unpaired) electrons. The van der Waals surface area contributed by atoms with Gasteiger partial charge >= 0.3 is 0 Å². The van der Waals surface area contributed by atoms with Gasteiger partial charge in [0.1, 0.15) is 0 Å². The summed E-state index contributed by atoms with van der Waals surface area (Å²) in [5.41, 5.74) is 0.364. The third kappa shape index (κ3) is 3.54. The molecular weight excluding hydrogens is 216 g/mol. The van der Waals surface area contributed by atoms with Crippen LogP contribution in [0.5, 0.6) is 0 Å². The second-order valence-corrected chi connectivity index (χ2v) is 5.07. The molecule has 1 aromatic rings. The Bertz CT molecular complexity index is 347. The highest BCUT2D eigenvalue weighted by atomic mass is 16.5. The normalized spacial score (nSPS) is 15.9. The number of hydrogen-bond donors (Lipinski definition) is 1. The predicted octanol–water partition coefficient (Wildman–Crippen LogP) is 2.18. The third-order valence-corrected chi connectivity index (χ3v) is 3.44. The summed E-state index contributed by atoms with van der Waals surface area (Å²) in [6, 6.07) is 2.36. The number of hydrogen-bond acceptors (Lipinski definition) is 3. The molecule has 0 amide bonds. The van der Waals surface area contributed by atoms with Crippen LogP contribution in [0.1, 0.15) is 45.9 Å². The van der Waals surface area contributed by atoms with E-state index < -0.39 is 11.7 Å². The lowest BCUT2D eigenvalue weighted by molar-refractivity contribution is -0.0768. The van der Waals surface area contributed by atoms with E-state index in [1.54, 1.807) is 7.11 Å². The van der Waals surface area contributed by atoms with E-state index in [0.717, 1.165) is 12.1 Å². The van der Waals surface area contributed by atoms with E-state index in [1.165, 1.54) is 0 Å². The zero-order valence-electron chi connectivity index (χ0n) is 11.5. The second kappa shape index (κ2) is 5.65. The average molecular weight is 240 g/mol. The first-order valence-electron chi connectivity index (χ1n) is 6.18. The molecule has 4 nitrogen and oxygen atoms in total. The zero-order chi connectivity index (χ0) is 13.1. The van der Waals surface area contributed by atoms with Crippen molar-refractivity contribution in [2.45, 2.75) is 58.3 Å². The molecule has 1 N–H and O–H groups in total. The molecule has 1 heterocycles. The molecule has 1 aromatic heterocycles. The van der Waals surface area contributed by atoms with Gasteiger partial charge in [-0.25, -0.2) is 0 Å². The van der Waals surface area contributed by atoms with E-state index in [1.807, 2.05) is 30.8 Å². The van der Waals surface area contributed by atoms with Crippen LogP contribution in [-0.4, -0.2) is 33.7 Å². The van der Waals surface area contributed by atoms with Gasteiger partial charge in [-0.15, -0.1) is 0 Å². The van der Waals surface area contributed by atoms with Crippen molar-refractivity contribution in [3.63, 3.8) is 0 Å². The first-order valence-corrected chi connectivity index (χ1v) is 6.18. The Labute approximate surface area is 104 Å². The van der Waals surface area contributed by atoms with E-state index in [4.69, 9.17) is 4.74 Å². The lowest BCUT2D eigenvalue weighted by Gasteiger charge is -2.28. The fourth-order valence-electron chi connectivity index (χ4n) is 1.50. The molecule has 0 aliphatic carbocycles. The molecule has 2 atom stereocenters. The van der Waals surface area contributed by atoms with Crippen LogP contribution in [0, 0.1) is 0 Å². The number of rotatable bonds is 6. The maximum Gasteiger partial charge on any atom is 0.0884 e. The van der Waals surface area contributed by atoms with E-state index in [9.17, 15) is 5.11 Å². The summed E-state index contributed by atoms with van der Waals surface area (Å²) in [6.07, 6.45) is 2.99. The van der Waals surface area contributed by atoms with Crippen molar-refractivity contribution >= 4 is 0 Å². The van der Waals surface area contributed by atoms with Gasteiger partial charge in [0.25, 0.3) is 0 Å². The minimum atomic E-state index is -0.548. The zero-order valence-corrected chi connectivity index (χ0v) is 11.5. The van der Waals surface area contributed by atoms with Gasteiger partial charge in [-0.3, -0.25) is 4.68 Å². The molecule has 0 aliphatic heterocycles. The number of aliphatic hydroxyl groups excluding tert-OH is 1. The quantitative estimate of drug-likeness (QED) is 0.829. The van der Waals surface area contributed by atoms with Crippen molar-refractivity contribution in [2.24, 2.45) is 0 Å². The van der Waals surface area contributed by atoms with Crippen LogP contribution in [0.2, 0.25) is 0 Å². The Morgan fingerprint density at radius 3 is 2.71 bits per heavy atom. The highest BCUT2D eigenvalue weighted by Crippen LogP contribution is 2.18. The summed E-state index contributed by atoms with van der Waals surface area (Å²) in [4.78, 5) is 0. The summed E-state index contributed by atoms with van der Waals surface area (Å²) in [7, 11) is 1.61. The Hall–Kier alpha value is -0.870. The highest BCUT2D eigenvalue weighted by molar-refractivity contribution is 5.03. The van der Waals surface area contributed by atoms with Gasteiger partial charge in [0.2, 0.25) is 0 Å². The van der Waals surface area contributed by atoms with Crippen LogP contribution in [0.25, 0.3) is 0 Å². The fraction of sp³-hybridized carbons (Fsp3) is 0.769. The summed E-state index contributed by atoms with van der Waals surface area (Å²) in [5.74, 6) is 0. The standard InChI is InChI=1S/C13H24N2O2/c1-6-10(2)15-8-7-11(14-15)9-12(16)13(3,4)17-5/h7-8,10,12,16H,6,9H2,1-5H3. The molecule has 0 saturated heterocycles. The smallest absolute Gasteiger partial charge is 0.0884 e. The first kappa shape index (κ1) is 14.2. The Morgan fingerprint density at radius 2 is 2.18 bits per heavy atom.